The number of nitrogens with zero attached hydrogens (tertiary/aromatic N) is 2. The number of rotatable bonds is 5. The summed E-state index contributed by atoms with van der Waals surface area (Å²) in [6, 6.07) is 6.29. The van der Waals surface area contributed by atoms with Gasteiger partial charge < -0.3 is 5.21 Å². The van der Waals surface area contributed by atoms with E-state index < -0.39 is 12.0 Å². The molecule has 0 spiro atoms. The van der Waals surface area contributed by atoms with Crippen molar-refractivity contribution in [2.75, 3.05) is 6.54 Å². The fourth-order valence-electron chi connectivity index (χ4n) is 2.58. The van der Waals surface area contributed by atoms with Crippen LogP contribution in [0.4, 0.5) is 4.39 Å². The van der Waals surface area contributed by atoms with E-state index >= 15 is 0 Å². The van der Waals surface area contributed by atoms with Gasteiger partial charge in [-0.05, 0) is 32.4 Å². The van der Waals surface area contributed by atoms with Gasteiger partial charge in [0.2, 0.25) is 0 Å². The minimum Gasteiger partial charge on any atom is -0.622 e. The number of thioether (sulfide) groups is 1. The molecule has 1 aromatic carbocycles. The lowest BCUT2D eigenvalue weighted by Gasteiger charge is -2.29. The first kappa shape index (κ1) is 17.2. The molecule has 22 heavy (non-hydrogen) atoms. The van der Waals surface area contributed by atoms with Crippen LogP contribution in [-0.2, 0) is 0 Å². The fraction of sp³-hybridized carbons (Fsp3) is 0.500. The topological polar surface area (TPSA) is 29.3 Å². The first-order chi connectivity index (χ1) is 10.4. The second-order valence-corrected chi connectivity index (χ2v) is 8.19. The second-order valence-electron chi connectivity index (χ2n) is 5.90. The van der Waals surface area contributed by atoms with Crippen LogP contribution in [0.15, 0.2) is 24.3 Å². The molecule has 1 atom stereocenters. The molecule has 0 aliphatic carbocycles. The van der Waals surface area contributed by atoms with Crippen LogP contribution < -0.4 is 0 Å². The van der Waals surface area contributed by atoms with Crippen LogP contribution in [0.3, 0.4) is 0 Å². The highest BCUT2D eigenvalue weighted by Crippen LogP contribution is 2.41. The number of hydrogen-bond acceptors (Lipinski definition) is 3. The SMILES string of the molecule is CCCCN1C(=S)SC(C)(C)[C@@H]1/[N+]([O-])=C/c1ccccc1F. The molecule has 0 radical (unpaired) electrons. The highest BCUT2D eigenvalue weighted by Gasteiger charge is 2.50. The molecule has 6 heteroatoms. The van der Waals surface area contributed by atoms with Crippen molar-refractivity contribution in [3.05, 3.63) is 40.9 Å². The predicted octanol–water partition coefficient (Wildman–Crippen LogP) is 3.99. The molecular formula is C16H21FN2OS2. The first-order valence-corrected chi connectivity index (χ1v) is 8.63. The zero-order valence-electron chi connectivity index (χ0n) is 13.1. The molecule has 0 saturated carbocycles. The fourth-order valence-corrected chi connectivity index (χ4v) is 4.52. The van der Waals surface area contributed by atoms with Crippen molar-refractivity contribution in [3.63, 3.8) is 0 Å². The second kappa shape index (κ2) is 6.96. The number of hydroxylamine groups is 1. The van der Waals surface area contributed by atoms with Crippen molar-refractivity contribution in [1.29, 1.82) is 0 Å². The van der Waals surface area contributed by atoms with Crippen molar-refractivity contribution in [1.82, 2.24) is 4.90 Å². The monoisotopic (exact) mass is 340 g/mol. The van der Waals surface area contributed by atoms with Crippen molar-refractivity contribution in [2.24, 2.45) is 0 Å². The maximum Gasteiger partial charge on any atom is 0.254 e. The summed E-state index contributed by atoms with van der Waals surface area (Å²) in [4.78, 5) is 1.97. The summed E-state index contributed by atoms with van der Waals surface area (Å²) in [5, 5.41) is 12.7. The van der Waals surface area contributed by atoms with Gasteiger partial charge in [0.1, 0.15) is 14.9 Å². The van der Waals surface area contributed by atoms with Crippen LogP contribution in [0.5, 0.6) is 0 Å². The number of thiocarbonyl (C=S) groups is 1. The molecule has 120 valence electrons. The van der Waals surface area contributed by atoms with Crippen LogP contribution in [0, 0.1) is 11.0 Å². The van der Waals surface area contributed by atoms with Crippen LogP contribution in [-0.4, -0.2) is 37.6 Å². The normalized spacial score (nSPS) is 21.5. The molecule has 0 bridgehead atoms. The van der Waals surface area contributed by atoms with Crippen molar-refractivity contribution in [3.8, 4) is 0 Å². The Bertz CT molecular complexity index is 589. The van der Waals surface area contributed by atoms with Gasteiger partial charge in [0, 0.05) is 6.54 Å². The van der Waals surface area contributed by atoms with E-state index in [4.69, 9.17) is 12.2 Å². The lowest BCUT2D eigenvalue weighted by Crippen LogP contribution is -2.48. The molecule has 1 aliphatic rings. The largest absolute Gasteiger partial charge is 0.622 e. The maximum absolute atomic E-state index is 13.8. The van der Waals surface area contributed by atoms with E-state index in [9.17, 15) is 9.60 Å². The number of hydrogen-bond donors (Lipinski definition) is 0. The van der Waals surface area contributed by atoms with Gasteiger partial charge in [0.05, 0.1) is 5.56 Å². The summed E-state index contributed by atoms with van der Waals surface area (Å²) in [6.07, 6.45) is 2.92. The van der Waals surface area contributed by atoms with E-state index in [-0.39, 0.29) is 4.75 Å². The van der Waals surface area contributed by atoms with E-state index in [0.717, 1.165) is 28.4 Å². The van der Waals surface area contributed by atoms with E-state index in [0.29, 0.717) is 5.56 Å². The van der Waals surface area contributed by atoms with Crippen molar-refractivity contribution < 1.29 is 9.13 Å². The Morgan fingerprint density at radius 3 is 2.77 bits per heavy atom. The van der Waals surface area contributed by atoms with E-state index in [1.807, 2.05) is 18.7 Å². The van der Waals surface area contributed by atoms with Crippen LogP contribution in [0.1, 0.15) is 39.2 Å². The summed E-state index contributed by atoms with van der Waals surface area (Å²) in [6.45, 7) is 6.86. The Morgan fingerprint density at radius 1 is 1.45 bits per heavy atom. The van der Waals surface area contributed by atoms with Crippen LogP contribution in [0.2, 0.25) is 0 Å². The molecule has 0 N–H and O–H groups in total. The molecule has 2 rings (SSSR count). The van der Waals surface area contributed by atoms with E-state index in [1.54, 1.807) is 18.2 Å². The third-order valence-corrected chi connectivity index (χ3v) is 5.30. The van der Waals surface area contributed by atoms with Gasteiger partial charge in [-0.15, -0.1) is 0 Å². The molecule has 1 fully saturated rings. The molecular weight excluding hydrogens is 319 g/mol. The van der Waals surface area contributed by atoms with E-state index in [1.165, 1.54) is 24.0 Å². The van der Waals surface area contributed by atoms with Gasteiger partial charge >= 0.3 is 0 Å². The Morgan fingerprint density at radius 2 is 2.14 bits per heavy atom. The number of unbranched alkanes of at least 4 members (excludes halogenated alkanes) is 1. The van der Waals surface area contributed by atoms with Gasteiger partial charge in [-0.2, -0.15) is 4.74 Å². The molecule has 1 aliphatic heterocycles. The maximum atomic E-state index is 13.8. The zero-order valence-corrected chi connectivity index (χ0v) is 14.7. The molecule has 1 saturated heterocycles. The van der Waals surface area contributed by atoms with Gasteiger partial charge in [-0.25, -0.2) is 4.39 Å². The molecule has 3 nitrogen and oxygen atoms in total. The zero-order chi connectivity index (χ0) is 16.3. The highest BCUT2D eigenvalue weighted by atomic mass is 32.2. The Kier molecular flexibility index (Phi) is 5.45. The third kappa shape index (κ3) is 3.60. The van der Waals surface area contributed by atoms with Gasteiger partial charge in [0.25, 0.3) is 6.17 Å². The lowest BCUT2D eigenvalue weighted by molar-refractivity contribution is -0.523. The average Bonchev–Trinajstić information content (AvgIpc) is 2.67. The highest BCUT2D eigenvalue weighted by molar-refractivity contribution is 8.24. The smallest absolute Gasteiger partial charge is 0.254 e. The van der Waals surface area contributed by atoms with Gasteiger partial charge in [-0.3, -0.25) is 4.90 Å². The predicted molar refractivity (Wildman–Crippen MR) is 94.9 cm³/mol. The molecule has 1 heterocycles. The molecule has 1 aromatic rings. The third-order valence-electron chi connectivity index (χ3n) is 3.67. The van der Waals surface area contributed by atoms with Crippen LogP contribution in [0.25, 0.3) is 0 Å². The summed E-state index contributed by atoms with van der Waals surface area (Å²) in [5.74, 6) is -0.394. The quantitative estimate of drug-likeness (QED) is 0.266. The van der Waals surface area contributed by atoms with Gasteiger partial charge in [0.15, 0.2) is 6.21 Å². The molecule has 0 aromatic heterocycles. The Balaban J connectivity index is 2.33. The van der Waals surface area contributed by atoms with Gasteiger partial charge in [-0.1, -0.05) is 49.5 Å². The lowest BCUT2D eigenvalue weighted by atomic mass is 10.1. The average molecular weight is 340 g/mol. The van der Waals surface area contributed by atoms with Crippen molar-refractivity contribution in [2.45, 2.75) is 44.5 Å². The first-order valence-electron chi connectivity index (χ1n) is 7.41. The molecule has 0 amide bonds. The van der Waals surface area contributed by atoms with Crippen molar-refractivity contribution >= 4 is 34.5 Å². The molecule has 0 unspecified atom stereocenters. The summed E-state index contributed by atoms with van der Waals surface area (Å²) < 4.78 is 15.0. The van der Waals surface area contributed by atoms with E-state index in [2.05, 4.69) is 6.92 Å². The summed E-state index contributed by atoms with van der Waals surface area (Å²) in [7, 11) is 0. The minimum atomic E-state index is -0.420. The standard InChI is InChI=1S/C16H21FN2OS2/c1-4-5-10-18-14(16(2,3)22-15(18)21)19(20)11-12-8-6-7-9-13(12)17/h6-9,11,14H,4-5,10H2,1-3H3/b19-11-/t14-/m0/s1. The number of halogens is 1. The van der Waals surface area contributed by atoms with Crippen LogP contribution >= 0.6 is 24.0 Å². The summed E-state index contributed by atoms with van der Waals surface area (Å²) in [5.41, 5.74) is 0.298. The Labute approximate surface area is 140 Å². The number of benzene rings is 1. The summed E-state index contributed by atoms with van der Waals surface area (Å²) >= 11 is 6.96. The Hall–Kier alpha value is -1.14. The minimum absolute atomic E-state index is 0.298.